The van der Waals surface area contributed by atoms with Crippen molar-refractivity contribution in [1.82, 2.24) is 10.3 Å². The maximum absolute atomic E-state index is 14.0. The highest BCUT2D eigenvalue weighted by molar-refractivity contribution is 7.12. The van der Waals surface area contributed by atoms with Crippen LogP contribution in [-0.2, 0) is 4.79 Å². The number of hydrogen-bond donors (Lipinski definition) is 1. The average Bonchev–Trinajstić information content (AvgIpc) is 3.47. The second kappa shape index (κ2) is 10.9. The Bertz CT molecular complexity index is 1330. The second-order valence-corrected chi connectivity index (χ2v) is 10.00. The number of ether oxygens (including phenoxy) is 1. The maximum atomic E-state index is 14.0. The molecular weight excluding hydrogens is 470 g/mol. The molecule has 1 aliphatic carbocycles. The molecule has 0 aliphatic heterocycles. The molecule has 6 nitrogen and oxygen atoms in total. The molecule has 0 radical (unpaired) electrons. The molecule has 5 rings (SSSR count). The molecule has 0 saturated heterocycles. The van der Waals surface area contributed by atoms with E-state index >= 15 is 0 Å². The molecule has 2 aromatic heterocycles. The summed E-state index contributed by atoms with van der Waals surface area (Å²) in [4.78, 5) is 34.6. The van der Waals surface area contributed by atoms with Crippen molar-refractivity contribution in [3.8, 4) is 5.75 Å². The van der Waals surface area contributed by atoms with Crippen LogP contribution in [0.4, 0.5) is 5.69 Å². The number of aromatic nitrogens is 1. The second-order valence-electron chi connectivity index (χ2n) is 9.05. The molecular formula is C29H29N3O3S. The molecule has 184 valence electrons. The number of anilines is 1. The monoisotopic (exact) mass is 499 g/mol. The van der Waals surface area contributed by atoms with Gasteiger partial charge in [0.2, 0.25) is 5.91 Å². The van der Waals surface area contributed by atoms with E-state index in [-0.39, 0.29) is 17.9 Å². The number of methoxy groups -OCH3 is 1. The first-order valence-electron chi connectivity index (χ1n) is 12.3. The van der Waals surface area contributed by atoms with Crippen molar-refractivity contribution in [2.75, 3.05) is 12.0 Å². The van der Waals surface area contributed by atoms with Gasteiger partial charge in [-0.2, -0.15) is 0 Å². The van der Waals surface area contributed by atoms with E-state index in [1.807, 2.05) is 66.0 Å². The Morgan fingerprint density at radius 1 is 1.03 bits per heavy atom. The fraction of sp³-hybridized carbons (Fsp3) is 0.276. The van der Waals surface area contributed by atoms with Gasteiger partial charge in [0.25, 0.3) is 5.91 Å². The number of fused-ring (bicyclic) bond motifs is 1. The van der Waals surface area contributed by atoms with Crippen molar-refractivity contribution >= 4 is 39.7 Å². The largest absolute Gasteiger partial charge is 0.497 e. The van der Waals surface area contributed by atoms with E-state index in [0.717, 1.165) is 42.1 Å². The minimum absolute atomic E-state index is 0.116. The van der Waals surface area contributed by atoms with Gasteiger partial charge in [-0.25, -0.2) is 0 Å². The van der Waals surface area contributed by atoms with Crippen molar-refractivity contribution in [1.29, 1.82) is 0 Å². The zero-order chi connectivity index (χ0) is 24.9. The summed E-state index contributed by atoms with van der Waals surface area (Å²) < 4.78 is 5.34. The third-order valence-corrected chi connectivity index (χ3v) is 7.56. The molecule has 0 spiro atoms. The summed E-state index contributed by atoms with van der Waals surface area (Å²) >= 11 is 1.37. The molecule has 1 atom stereocenters. The molecule has 2 aromatic carbocycles. The van der Waals surface area contributed by atoms with Crippen LogP contribution < -0.4 is 15.0 Å². The third kappa shape index (κ3) is 5.11. The van der Waals surface area contributed by atoms with Crippen LogP contribution >= 0.6 is 11.3 Å². The zero-order valence-corrected chi connectivity index (χ0v) is 21.0. The van der Waals surface area contributed by atoms with Crippen LogP contribution in [0.1, 0.15) is 53.4 Å². The number of amides is 2. The van der Waals surface area contributed by atoms with Crippen LogP contribution in [0.5, 0.6) is 5.75 Å². The van der Waals surface area contributed by atoms with Gasteiger partial charge < -0.3 is 10.1 Å². The van der Waals surface area contributed by atoms with E-state index in [4.69, 9.17) is 4.74 Å². The summed E-state index contributed by atoms with van der Waals surface area (Å²) in [5, 5.41) is 6.06. The zero-order valence-electron chi connectivity index (χ0n) is 20.2. The van der Waals surface area contributed by atoms with Crippen molar-refractivity contribution in [2.24, 2.45) is 0 Å². The molecule has 7 heteroatoms. The Kier molecular flexibility index (Phi) is 7.28. The highest BCUT2D eigenvalue weighted by Gasteiger charge is 2.35. The van der Waals surface area contributed by atoms with Crippen molar-refractivity contribution in [2.45, 2.75) is 44.2 Å². The number of thiophene rings is 1. The first kappa shape index (κ1) is 24.0. The van der Waals surface area contributed by atoms with Gasteiger partial charge >= 0.3 is 0 Å². The molecule has 0 bridgehead atoms. The molecule has 1 aliphatic rings. The molecule has 1 N–H and O–H groups in total. The number of rotatable bonds is 7. The Morgan fingerprint density at radius 2 is 1.83 bits per heavy atom. The molecule has 1 unspecified atom stereocenters. The van der Waals surface area contributed by atoms with Gasteiger partial charge in [0, 0.05) is 23.3 Å². The highest BCUT2D eigenvalue weighted by Crippen LogP contribution is 2.33. The molecule has 1 fully saturated rings. The van der Waals surface area contributed by atoms with E-state index < -0.39 is 6.04 Å². The maximum Gasteiger partial charge on any atom is 0.269 e. The number of nitrogens with one attached hydrogen (secondary N) is 1. The van der Waals surface area contributed by atoms with Crippen molar-refractivity contribution in [3.63, 3.8) is 0 Å². The van der Waals surface area contributed by atoms with E-state index in [0.29, 0.717) is 16.3 Å². The summed E-state index contributed by atoms with van der Waals surface area (Å²) in [5.74, 6) is 0.290. The van der Waals surface area contributed by atoms with Gasteiger partial charge in [-0.3, -0.25) is 19.5 Å². The van der Waals surface area contributed by atoms with Gasteiger partial charge in [0.1, 0.15) is 11.8 Å². The van der Waals surface area contributed by atoms with Crippen LogP contribution in [0.25, 0.3) is 10.9 Å². The molecule has 2 heterocycles. The average molecular weight is 500 g/mol. The third-order valence-electron chi connectivity index (χ3n) is 6.70. The fourth-order valence-corrected chi connectivity index (χ4v) is 5.51. The van der Waals surface area contributed by atoms with Gasteiger partial charge in [0.15, 0.2) is 0 Å². The van der Waals surface area contributed by atoms with Gasteiger partial charge in [-0.05, 0) is 72.3 Å². The number of benzene rings is 2. The summed E-state index contributed by atoms with van der Waals surface area (Å²) in [6, 6.07) is 19.8. The van der Waals surface area contributed by atoms with Gasteiger partial charge in [-0.15, -0.1) is 11.3 Å². The Labute approximate surface area is 214 Å². The van der Waals surface area contributed by atoms with Crippen LogP contribution in [0.3, 0.4) is 0 Å². The Morgan fingerprint density at radius 3 is 2.56 bits per heavy atom. The van der Waals surface area contributed by atoms with Gasteiger partial charge in [0.05, 0.1) is 17.5 Å². The van der Waals surface area contributed by atoms with Crippen molar-refractivity contribution in [3.05, 3.63) is 88.7 Å². The topological polar surface area (TPSA) is 71.5 Å². The Balaban J connectivity index is 1.62. The lowest BCUT2D eigenvalue weighted by molar-refractivity contribution is -0.123. The lowest BCUT2D eigenvalue weighted by atomic mass is 9.94. The van der Waals surface area contributed by atoms with Gasteiger partial charge in [-0.1, -0.05) is 37.5 Å². The van der Waals surface area contributed by atoms with Crippen LogP contribution in [-0.4, -0.2) is 29.9 Å². The lowest BCUT2D eigenvalue weighted by Gasteiger charge is -2.33. The van der Waals surface area contributed by atoms with Crippen LogP contribution in [0.15, 0.2) is 78.3 Å². The van der Waals surface area contributed by atoms with Crippen molar-refractivity contribution < 1.29 is 14.3 Å². The molecule has 36 heavy (non-hydrogen) atoms. The minimum atomic E-state index is -0.848. The number of carbonyl (C=O) groups is 2. The molecule has 4 aromatic rings. The van der Waals surface area contributed by atoms with E-state index in [1.165, 1.54) is 17.8 Å². The van der Waals surface area contributed by atoms with E-state index in [1.54, 1.807) is 24.3 Å². The summed E-state index contributed by atoms with van der Waals surface area (Å²) in [6.45, 7) is 0. The summed E-state index contributed by atoms with van der Waals surface area (Å²) in [5.41, 5.74) is 2.21. The number of carbonyl (C=O) groups excluding carboxylic acids is 2. The molecule has 2 amide bonds. The Hall–Kier alpha value is -3.71. The predicted octanol–water partition coefficient (Wildman–Crippen LogP) is 6.14. The highest BCUT2D eigenvalue weighted by atomic mass is 32.1. The van der Waals surface area contributed by atoms with E-state index in [9.17, 15) is 9.59 Å². The predicted molar refractivity (Wildman–Crippen MR) is 144 cm³/mol. The SMILES string of the molecule is COc1ccc(N(C(=O)c2cccs2)C(C(=O)NC2CCCCC2)c2ccc3ncccc3c2)cc1. The first-order valence-corrected chi connectivity index (χ1v) is 13.2. The standard InChI is InChI=1S/C29H29N3O3S/c1-35-24-14-12-23(13-15-24)32(29(34)26-10-6-18-36-26)27(28(33)31-22-8-3-2-4-9-22)21-11-16-25-20(19-21)7-5-17-30-25/h5-7,10-19,22,27H,2-4,8-9H2,1H3,(H,31,33). The van der Waals surface area contributed by atoms with Crippen LogP contribution in [0.2, 0.25) is 0 Å². The summed E-state index contributed by atoms with van der Waals surface area (Å²) in [7, 11) is 1.60. The van der Waals surface area contributed by atoms with E-state index in [2.05, 4.69) is 10.3 Å². The number of hydrogen-bond acceptors (Lipinski definition) is 5. The molecule has 1 saturated carbocycles. The smallest absolute Gasteiger partial charge is 0.269 e. The number of nitrogens with zero attached hydrogens (tertiary/aromatic N) is 2. The first-order chi connectivity index (χ1) is 17.6. The van der Waals surface area contributed by atoms with Crippen LogP contribution in [0, 0.1) is 0 Å². The number of pyridine rings is 1. The quantitative estimate of drug-likeness (QED) is 0.331. The lowest BCUT2D eigenvalue weighted by Crippen LogP contribution is -2.47. The fourth-order valence-electron chi connectivity index (χ4n) is 4.85. The summed E-state index contributed by atoms with van der Waals surface area (Å²) in [6.07, 6.45) is 7.08. The normalized spacial score (nSPS) is 14.8. The minimum Gasteiger partial charge on any atom is -0.497 e.